The summed E-state index contributed by atoms with van der Waals surface area (Å²) < 4.78 is 6.35. The van der Waals surface area contributed by atoms with Crippen LogP contribution >= 0.6 is 11.3 Å². The summed E-state index contributed by atoms with van der Waals surface area (Å²) in [5.74, 6) is 0.565. The number of ether oxygens (including phenoxy) is 1. The van der Waals surface area contributed by atoms with Crippen molar-refractivity contribution in [2.24, 2.45) is 0 Å². The first-order chi connectivity index (χ1) is 13.1. The van der Waals surface area contributed by atoms with Crippen LogP contribution < -0.4 is 10.1 Å². The van der Waals surface area contributed by atoms with Gasteiger partial charge in [0, 0.05) is 17.4 Å². The maximum Gasteiger partial charge on any atom is 0.257 e. The quantitative estimate of drug-likeness (QED) is 0.549. The summed E-state index contributed by atoms with van der Waals surface area (Å²) in [6.07, 6.45) is 1.58. The van der Waals surface area contributed by atoms with E-state index in [0.29, 0.717) is 5.56 Å². The van der Waals surface area contributed by atoms with Crippen molar-refractivity contribution < 1.29 is 9.53 Å². The van der Waals surface area contributed by atoms with E-state index >= 15 is 0 Å². The maximum atomic E-state index is 12.5. The van der Waals surface area contributed by atoms with Gasteiger partial charge in [-0.25, -0.2) is 4.98 Å². The number of hydrogen-bond donors (Lipinski definition) is 1. The van der Waals surface area contributed by atoms with Gasteiger partial charge in [-0.15, -0.1) is 11.3 Å². The normalized spacial score (nSPS) is 10.7. The number of aromatic nitrogens is 2. The van der Waals surface area contributed by atoms with E-state index in [4.69, 9.17) is 4.74 Å². The van der Waals surface area contributed by atoms with Crippen molar-refractivity contribution in [3.8, 4) is 17.0 Å². The third-order valence-corrected chi connectivity index (χ3v) is 5.10. The van der Waals surface area contributed by atoms with Crippen LogP contribution in [0.15, 0.2) is 60.8 Å². The second kappa shape index (κ2) is 7.17. The van der Waals surface area contributed by atoms with E-state index in [1.54, 1.807) is 30.7 Å². The van der Waals surface area contributed by atoms with E-state index in [9.17, 15) is 4.79 Å². The fourth-order valence-electron chi connectivity index (χ4n) is 2.80. The second-order valence-electron chi connectivity index (χ2n) is 6.03. The molecular formula is C21H17N3O2S. The van der Waals surface area contributed by atoms with Crippen LogP contribution in [-0.4, -0.2) is 23.0 Å². The SMILES string of the molecule is COc1cccc(-c2ccc(C(=O)Nc3ccc4sc(C)nc4c3)cn2)c1. The maximum absolute atomic E-state index is 12.5. The molecule has 0 aliphatic rings. The summed E-state index contributed by atoms with van der Waals surface area (Å²) in [6, 6.07) is 17.0. The molecule has 4 rings (SSSR count). The number of aryl methyl sites for hydroxylation is 1. The molecular weight excluding hydrogens is 358 g/mol. The third kappa shape index (κ3) is 3.66. The molecule has 6 heteroatoms. The summed E-state index contributed by atoms with van der Waals surface area (Å²) in [6.45, 7) is 1.97. The van der Waals surface area contributed by atoms with E-state index < -0.39 is 0 Å². The van der Waals surface area contributed by atoms with Crippen molar-refractivity contribution in [3.63, 3.8) is 0 Å². The Balaban J connectivity index is 1.52. The molecule has 0 unspecified atom stereocenters. The first kappa shape index (κ1) is 17.2. The van der Waals surface area contributed by atoms with Gasteiger partial charge in [0.1, 0.15) is 5.75 Å². The smallest absolute Gasteiger partial charge is 0.257 e. The zero-order chi connectivity index (χ0) is 18.8. The van der Waals surface area contributed by atoms with Crippen LogP contribution in [-0.2, 0) is 0 Å². The van der Waals surface area contributed by atoms with Crippen molar-refractivity contribution in [1.82, 2.24) is 9.97 Å². The lowest BCUT2D eigenvalue weighted by atomic mass is 10.1. The monoisotopic (exact) mass is 375 g/mol. The Labute approximate surface area is 160 Å². The first-order valence-electron chi connectivity index (χ1n) is 8.41. The lowest BCUT2D eigenvalue weighted by Gasteiger charge is -2.07. The van der Waals surface area contributed by atoms with Crippen molar-refractivity contribution >= 4 is 33.1 Å². The number of hydrogen-bond acceptors (Lipinski definition) is 5. The van der Waals surface area contributed by atoms with E-state index in [1.165, 1.54) is 0 Å². The van der Waals surface area contributed by atoms with Gasteiger partial charge in [-0.05, 0) is 49.4 Å². The number of benzene rings is 2. The van der Waals surface area contributed by atoms with E-state index in [-0.39, 0.29) is 5.91 Å². The van der Waals surface area contributed by atoms with Crippen LogP contribution in [0.25, 0.3) is 21.5 Å². The van der Waals surface area contributed by atoms with Crippen LogP contribution in [0.2, 0.25) is 0 Å². The zero-order valence-corrected chi connectivity index (χ0v) is 15.7. The number of thiazole rings is 1. The van der Waals surface area contributed by atoms with E-state index in [1.807, 2.05) is 55.5 Å². The van der Waals surface area contributed by atoms with Crippen molar-refractivity contribution in [3.05, 3.63) is 71.4 Å². The molecule has 0 aliphatic heterocycles. The molecule has 0 fully saturated rings. The zero-order valence-electron chi connectivity index (χ0n) is 14.9. The first-order valence-corrected chi connectivity index (χ1v) is 9.23. The molecule has 0 saturated carbocycles. The molecule has 0 spiro atoms. The van der Waals surface area contributed by atoms with Crippen molar-refractivity contribution in [1.29, 1.82) is 0 Å². The highest BCUT2D eigenvalue weighted by atomic mass is 32.1. The molecule has 2 aromatic heterocycles. The Morgan fingerprint density at radius 3 is 2.78 bits per heavy atom. The predicted octanol–water partition coefficient (Wildman–Crippen LogP) is 4.93. The molecule has 0 aliphatic carbocycles. The number of pyridine rings is 1. The summed E-state index contributed by atoms with van der Waals surface area (Å²) in [7, 11) is 1.63. The third-order valence-electron chi connectivity index (χ3n) is 4.14. The van der Waals surface area contributed by atoms with Gasteiger partial charge in [0.2, 0.25) is 0 Å². The van der Waals surface area contributed by atoms with Gasteiger partial charge in [-0.2, -0.15) is 0 Å². The number of methoxy groups -OCH3 is 1. The number of fused-ring (bicyclic) bond motifs is 1. The van der Waals surface area contributed by atoms with Gasteiger partial charge >= 0.3 is 0 Å². The van der Waals surface area contributed by atoms with Crippen LogP contribution in [0.3, 0.4) is 0 Å². The summed E-state index contributed by atoms with van der Waals surface area (Å²) in [4.78, 5) is 21.4. The summed E-state index contributed by atoms with van der Waals surface area (Å²) in [5.41, 5.74) is 3.82. The minimum Gasteiger partial charge on any atom is -0.497 e. The standard InChI is InChI=1S/C21H17N3O2S/c1-13-23-19-11-16(7-9-20(19)27-13)24-21(25)15-6-8-18(22-12-15)14-4-3-5-17(10-14)26-2/h3-12H,1-2H3,(H,24,25). The molecule has 0 radical (unpaired) electrons. The van der Waals surface area contributed by atoms with Crippen LogP contribution in [0.5, 0.6) is 5.75 Å². The molecule has 1 amide bonds. The number of carbonyl (C=O) groups is 1. The van der Waals surface area contributed by atoms with E-state index in [2.05, 4.69) is 15.3 Å². The van der Waals surface area contributed by atoms with Gasteiger partial charge in [-0.3, -0.25) is 9.78 Å². The van der Waals surface area contributed by atoms with Crippen LogP contribution in [0.4, 0.5) is 5.69 Å². The number of nitrogens with zero attached hydrogens (tertiary/aromatic N) is 2. The lowest BCUT2D eigenvalue weighted by molar-refractivity contribution is 0.102. The Bertz CT molecular complexity index is 1120. The fraction of sp³-hybridized carbons (Fsp3) is 0.0952. The average Bonchev–Trinajstić information content (AvgIpc) is 3.07. The van der Waals surface area contributed by atoms with E-state index in [0.717, 1.165) is 37.9 Å². The molecule has 1 N–H and O–H groups in total. The molecule has 0 saturated heterocycles. The number of anilines is 1. The fourth-order valence-corrected chi connectivity index (χ4v) is 3.61. The number of rotatable bonds is 4. The molecule has 27 heavy (non-hydrogen) atoms. The second-order valence-corrected chi connectivity index (χ2v) is 7.27. The lowest BCUT2D eigenvalue weighted by Crippen LogP contribution is -2.12. The molecule has 0 atom stereocenters. The Morgan fingerprint density at radius 2 is 2.00 bits per heavy atom. The molecule has 4 aromatic rings. The van der Waals surface area contributed by atoms with Crippen molar-refractivity contribution in [2.75, 3.05) is 12.4 Å². The van der Waals surface area contributed by atoms with Crippen LogP contribution in [0.1, 0.15) is 15.4 Å². The highest BCUT2D eigenvalue weighted by molar-refractivity contribution is 7.18. The van der Waals surface area contributed by atoms with Gasteiger partial charge < -0.3 is 10.1 Å². The summed E-state index contributed by atoms with van der Waals surface area (Å²) >= 11 is 1.64. The predicted molar refractivity (Wildman–Crippen MR) is 109 cm³/mol. The number of nitrogens with one attached hydrogen (secondary N) is 1. The Morgan fingerprint density at radius 1 is 1.11 bits per heavy atom. The Kier molecular flexibility index (Phi) is 4.56. The largest absolute Gasteiger partial charge is 0.497 e. The highest BCUT2D eigenvalue weighted by Gasteiger charge is 2.09. The Hall–Kier alpha value is -3.25. The van der Waals surface area contributed by atoms with Gasteiger partial charge in [0.25, 0.3) is 5.91 Å². The van der Waals surface area contributed by atoms with Crippen molar-refractivity contribution in [2.45, 2.75) is 6.92 Å². The van der Waals surface area contributed by atoms with Gasteiger partial charge in [0.05, 0.1) is 33.6 Å². The number of amides is 1. The highest BCUT2D eigenvalue weighted by Crippen LogP contribution is 2.25. The molecule has 134 valence electrons. The topological polar surface area (TPSA) is 64.1 Å². The van der Waals surface area contributed by atoms with Gasteiger partial charge in [-0.1, -0.05) is 12.1 Å². The molecule has 0 bridgehead atoms. The van der Waals surface area contributed by atoms with Crippen LogP contribution in [0, 0.1) is 6.92 Å². The summed E-state index contributed by atoms with van der Waals surface area (Å²) in [5, 5.41) is 3.91. The molecule has 2 heterocycles. The molecule has 5 nitrogen and oxygen atoms in total. The minimum atomic E-state index is -0.203. The van der Waals surface area contributed by atoms with Gasteiger partial charge in [0.15, 0.2) is 0 Å². The average molecular weight is 375 g/mol. The number of carbonyl (C=O) groups excluding carboxylic acids is 1. The minimum absolute atomic E-state index is 0.203. The molecule has 2 aromatic carbocycles.